The maximum absolute atomic E-state index is 12.8. The van der Waals surface area contributed by atoms with E-state index in [1.54, 1.807) is 14.0 Å². The van der Waals surface area contributed by atoms with E-state index in [9.17, 15) is 21.6 Å². The lowest BCUT2D eigenvalue weighted by molar-refractivity contribution is -0.137. The number of ether oxygens (including phenoxy) is 1. The average Bonchev–Trinajstić information content (AvgIpc) is 2.68. The number of nitrogens with zero attached hydrogens (tertiary/aromatic N) is 1. The van der Waals surface area contributed by atoms with Gasteiger partial charge >= 0.3 is 6.18 Å². The quantitative estimate of drug-likeness (QED) is 0.166. The summed E-state index contributed by atoms with van der Waals surface area (Å²) >= 11 is 0. The Morgan fingerprint density at radius 2 is 1.90 bits per heavy atom. The van der Waals surface area contributed by atoms with Crippen LogP contribution in [0.25, 0.3) is 0 Å². The number of guanidine groups is 1. The van der Waals surface area contributed by atoms with E-state index < -0.39 is 21.8 Å². The number of hydrogen-bond acceptors (Lipinski definition) is 4. The molecule has 0 aliphatic carbocycles. The average molecular weight is 566 g/mol. The summed E-state index contributed by atoms with van der Waals surface area (Å²) in [5.41, 5.74) is -0.756. The molecule has 0 saturated heterocycles. The fraction of sp³-hybridized carbons (Fsp3) is 0.611. The first-order chi connectivity index (χ1) is 13.6. The molecule has 174 valence electrons. The Morgan fingerprint density at radius 1 is 1.20 bits per heavy atom. The van der Waals surface area contributed by atoms with Gasteiger partial charge in [-0.25, -0.2) is 13.1 Å². The zero-order valence-electron chi connectivity index (χ0n) is 17.3. The van der Waals surface area contributed by atoms with E-state index in [-0.39, 0.29) is 41.6 Å². The predicted molar refractivity (Wildman–Crippen MR) is 123 cm³/mol. The van der Waals surface area contributed by atoms with Gasteiger partial charge in [0, 0.05) is 20.1 Å². The SMILES string of the molecule is CCC(CNC(=NC)NCCCNS(=O)(=O)CC)Oc1cccc(C(F)(F)F)c1.I. The van der Waals surface area contributed by atoms with Crippen LogP contribution in [0.1, 0.15) is 32.3 Å². The summed E-state index contributed by atoms with van der Waals surface area (Å²) < 4.78 is 69.3. The molecule has 12 heteroatoms. The van der Waals surface area contributed by atoms with E-state index in [0.29, 0.717) is 38.4 Å². The van der Waals surface area contributed by atoms with Crippen molar-refractivity contribution in [3.05, 3.63) is 29.8 Å². The standard InChI is InChI=1S/C18H29F3N4O3S.HI/c1-4-15(28-16-9-6-8-14(12-16)18(19,20)21)13-24-17(22-3)23-10-7-11-25-29(26,27)5-2;/h6,8-9,12,15,25H,4-5,7,10-11,13H2,1-3H3,(H2,22,23,24);1H. The smallest absolute Gasteiger partial charge is 0.416 e. The summed E-state index contributed by atoms with van der Waals surface area (Å²) in [6.45, 7) is 4.59. The van der Waals surface area contributed by atoms with Gasteiger partial charge in [-0.1, -0.05) is 13.0 Å². The number of halogens is 4. The number of nitrogens with one attached hydrogen (secondary N) is 3. The maximum Gasteiger partial charge on any atom is 0.416 e. The normalized spacial score (nSPS) is 13.3. The number of aliphatic imine (C=N–C) groups is 1. The molecule has 0 aliphatic heterocycles. The van der Waals surface area contributed by atoms with Crippen molar-refractivity contribution >= 4 is 40.0 Å². The molecule has 1 aromatic rings. The molecule has 3 N–H and O–H groups in total. The molecule has 0 amide bonds. The van der Waals surface area contributed by atoms with Crippen LogP contribution in [-0.4, -0.2) is 52.9 Å². The van der Waals surface area contributed by atoms with Gasteiger partial charge in [-0.05, 0) is 38.0 Å². The first-order valence-corrected chi connectivity index (χ1v) is 11.0. The van der Waals surface area contributed by atoms with E-state index in [4.69, 9.17) is 4.74 Å². The van der Waals surface area contributed by atoms with Crippen molar-refractivity contribution in [2.75, 3.05) is 32.4 Å². The third kappa shape index (κ3) is 11.2. The van der Waals surface area contributed by atoms with Crippen LogP contribution in [0.3, 0.4) is 0 Å². The highest BCUT2D eigenvalue weighted by Crippen LogP contribution is 2.31. The minimum Gasteiger partial charge on any atom is -0.489 e. The second-order valence-corrected chi connectivity index (χ2v) is 8.30. The van der Waals surface area contributed by atoms with Crippen LogP contribution in [0.4, 0.5) is 13.2 Å². The molecule has 0 aromatic heterocycles. The third-order valence-corrected chi connectivity index (χ3v) is 5.39. The van der Waals surface area contributed by atoms with Crippen LogP contribution < -0.4 is 20.1 Å². The molecule has 30 heavy (non-hydrogen) atoms. The van der Waals surface area contributed by atoms with E-state index in [1.165, 1.54) is 12.1 Å². The van der Waals surface area contributed by atoms with Gasteiger partial charge in [0.15, 0.2) is 5.96 Å². The fourth-order valence-corrected chi connectivity index (χ4v) is 2.92. The van der Waals surface area contributed by atoms with Crippen LogP contribution in [-0.2, 0) is 16.2 Å². The maximum atomic E-state index is 12.8. The Balaban J connectivity index is 0.00000841. The summed E-state index contributed by atoms with van der Waals surface area (Å²) in [6.07, 6.45) is -3.62. The van der Waals surface area contributed by atoms with Gasteiger partial charge in [0.2, 0.25) is 10.0 Å². The fourth-order valence-electron chi connectivity index (χ4n) is 2.26. The number of sulfonamides is 1. The molecule has 1 unspecified atom stereocenters. The molecule has 0 heterocycles. The highest BCUT2D eigenvalue weighted by molar-refractivity contribution is 14.0. The monoisotopic (exact) mass is 566 g/mol. The second kappa shape index (κ2) is 13.9. The van der Waals surface area contributed by atoms with Crippen molar-refractivity contribution in [2.24, 2.45) is 4.99 Å². The topological polar surface area (TPSA) is 91.8 Å². The Bertz CT molecular complexity index is 761. The molecular formula is C18H30F3IN4O3S. The Kier molecular flexibility index (Phi) is 13.3. The molecule has 0 radical (unpaired) electrons. The molecular weight excluding hydrogens is 536 g/mol. The summed E-state index contributed by atoms with van der Waals surface area (Å²) in [7, 11) is -1.62. The van der Waals surface area contributed by atoms with Crippen molar-refractivity contribution in [1.82, 2.24) is 15.4 Å². The number of hydrogen-bond donors (Lipinski definition) is 3. The minimum atomic E-state index is -4.42. The molecule has 0 aliphatic rings. The third-order valence-electron chi connectivity index (χ3n) is 3.99. The minimum absolute atomic E-state index is 0. The molecule has 0 saturated carbocycles. The van der Waals surface area contributed by atoms with Crippen molar-refractivity contribution in [3.8, 4) is 5.75 Å². The summed E-state index contributed by atoms with van der Waals surface area (Å²) in [5.74, 6) is 0.683. The zero-order chi connectivity index (χ0) is 21.9. The predicted octanol–water partition coefficient (Wildman–Crippen LogP) is 2.98. The van der Waals surface area contributed by atoms with Crippen molar-refractivity contribution < 1.29 is 26.3 Å². The first-order valence-electron chi connectivity index (χ1n) is 9.37. The van der Waals surface area contributed by atoms with Crippen molar-refractivity contribution in [3.63, 3.8) is 0 Å². The first kappa shape index (κ1) is 28.7. The van der Waals surface area contributed by atoms with Gasteiger partial charge in [-0.2, -0.15) is 13.2 Å². The molecule has 0 bridgehead atoms. The van der Waals surface area contributed by atoms with E-state index >= 15 is 0 Å². The van der Waals surface area contributed by atoms with E-state index in [0.717, 1.165) is 12.1 Å². The van der Waals surface area contributed by atoms with Gasteiger partial charge in [0.1, 0.15) is 11.9 Å². The van der Waals surface area contributed by atoms with E-state index in [1.807, 2.05) is 6.92 Å². The van der Waals surface area contributed by atoms with Gasteiger partial charge < -0.3 is 15.4 Å². The number of benzene rings is 1. The number of alkyl halides is 3. The second-order valence-electron chi connectivity index (χ2n) is 6.20. The molecule has 1 rings (SSSR count). The molecule has 0 spiro atoms. The van der Waals surface area contributed by atoms with Gasteiger partial charge in [-0.3, -0.25) is 4.99 Å². The summed E-state index contributed by atoms with van der Waals surface area (Å²) in [4.78, 5) is 4.06. The van der Waals surface area contributed by atoms with E-state index in [2.05, 4.69) is 20.3 Å². The lowest BCUT2D eigenvalue weighted by Crippen LogP contribution is -2.43. The van der Waals surface area contributed by atoms with Crippen LogP contribution in [0.2, 0.25) is 0 Å². The van der Waals surface area contributed by atoms with Gasteiger partial charge in [-0.15, -0.1) is 24.0 Å². The number of rotatable bonds is 11. The largest absolute Gasteiger partial charge is 0.489 e. The Hall–Kier alpha value is -1.28. The van der Waals surface area contributed by atoms with Crippen molar-refractivity contribution in [1.29, 1.82) is 0 Å². The van der Waals surface area contributed by atoms with Gasteiger partial charge in [0.25, 0.3) is 0 Å². The molecule has 1 atom stereocenters. The van der Waals surface area contributed by atoms with Crippen molar-refractivity contribution in [2.45, 2.75) is 39.0 Å². The summed E-state index contributed by atoms with van der Waals surface area (Å²) in [6, 6.07) is 4.78. The molecule has 1 aromatic carbocycles. The lowest BCUT2D eigenvalue weighted by Gasteiger charge is -2.20. The highest BCUT2D eigenvalue weighted by atomic mass is 127. The van der Waals surface area contributed by atoms with Gasteiger partial charge in [0.05, 0.1) is 17.9 Å². The summed E-state index contributed by atoms with van der Waals surface area (Å²) in [5, 5.41) is 6.10. The molecule has 7 nitrogen and oxygen atoms in total. The molecule has 0 fully saturated rings. The lowest BCUT2D eigenvalue weighted by atomic mass is 10.2. The zero-order valence-corrected chi connectivity index (χ0v) is 20.4. The van der Waals surface area contributed by atoms with Crippen LogP contribution >= 0.6 is 24.0 Å². The van der Waals surface area contributed by atoms with Crippen LogP contribution in [0.15, 0.2) is 29.3 Å². The van der Waals surface area contributed by atoms with Crippen LogP contribution in [0, 0.1) is 0 Å². The Labute approximate surface area is 193 Å². The van der Waals surface area contributed by atoms with Crippen LogP contribution in [0.5, 0.6) is 5.75 Å². The Morgan fingerprint density at radius 3 is 2.47 bits per heavy atom. The highest BCUT2D eigenvalue weighted by Gasteiger charge is 2.30.